The molecule has 0 bridgehead atoms. The van der Waals surface area contributed by atoms with E-state index in [1.165, 1.54) is 81.3 Å². The molecule has 12 aromatic carbocycles. The fourth-order valence-corrected chi connectivity index (χ4v) is 10.8. The van der Waals surface area contributed by atoms with Crippen LogP contribution in [0.5, 0.6) is 0 Å². The second kappa shape index (κ2) is 14.8. The standard InChI is InChI=1S/C64H39N3/c1-3-14-40(15-4-1)45-30-32-55-54-24-11-12-25-60(54)67(61(55)38-45)49-35-47(57-37-46-18-7-8-21-50(46)51-22-9-10-23-52(51)57)34-48(36-49)58-39-59(66-64(65-58)44-16-5-2-6-17-44)53-31-28-43-27-26-41-19-13-20-42-29-33-56(53)63(43)62(41)42/h1-39H. The van der Waals surface area contributed by atoms with Crippen LogP contribution in [0, 0.1) is 0 Å². The molecule has 2 heterocycles. The lowest BCUT2D eigenvalue weighted by molar-refractivity contribution is 1.17. The molecule has 0 unspecified atom stereocenters. The van der Waals surface area contributed by atoms with Gasteiger partial charge in [-0.3, -0.25) is 0 Å². The van der Waals surface area contributed by atoms with Gasteiger partial charge in [-0.15, -0.1) is 0 Å². The Morgan fingerprint density at radius 1 is 0.269 bits per heavy atom. The molecular weight excluding hydrogens is 811 g/mol. The third-order valence-electron chi connectivity index (χ3n) is 13.9. The SMILES string of the molecule is c1ccc(-c2ccc3c4ccccc4n(-c4cc(-c5cc(-c6ccc7ccc8cccc9ccc6c7c89)nc(-c6ccccc6)n5)cc(-c5cc6ccccc6c6ccccc56)c4)c3c2)cc1. The minimum absolute atomic E-state index is 0.686. The van der Waals surface area contributed by atoms with Crippen molar-refractivity contribution in [1.82, 2.24) is 14.5 Å². The molecule has 3 nitrogen and oxygen atoms in total. The Balaban J connectivity index is 1.08. The average molecular weight is 850 g/mol. The first kappa shape index (κ1) is 37.5. The van der Waals surface area contributed by atoms with Crippen LogP contribution in [0.1, 0.15) is 0 Å². The third kappa shape index (κ3) is 5.99. The zero-order chi connectivity index (χ0) is 44.0. The van der Waals surface area contributed by atoms with E-state index in [1.807, 2.05) is 6.07 Å². The van der Waals surface area contributed by atoms with Crippen LogP contribution >= 0.6 is 0 Å². The number of nitrogens with zero attached hydrogens (tertiary/aromatic N) is 3. The lowest BCUT2D eigenvalue weighted by atomic mass is 9.90. The van der Waals surface area contributed by atoms with Gasteiger partial charge in [0.1, 0.15) is 0 Å². The summed E-state index contributed by atoms with van der Waals surface area (Å²) in [6, 6.07) is 86.1. The van der Waals surface area contributed by atoms with Crippen molar-refractivity contribution in [2.45, 2.75) is 0 Å². The van der Waals surface area contributed by atoms with Gasteiger partial charge in [0.25, 0.3) is 0 Å². The van der Waals surface area contributed by atoms with Crippen LogP contribution in [0.3, 0.4) is 0 Å². The summed E-state index contributed by atoms with van der Waals surface area (Å²) in [6.07, 6.45) is 0. The second-order valence-corrected chi connectivity index (χ2v) is 17.7. The smallest absolute Gasteiger partial charge is 0.160 e. The van der Waals surface area contributed by atoms with Gasteiger partial charge in [0, 0.05) is 33.2 Å². The van der Waals surface area contributed by atoms with E-state index in [9.17, 15) is 0 Å². The molecule has 0 aliphatic heterocycles. The topological polar surface area (TPSA) is 30.7 Å². The predicted molar refractivity (Wildman–Crippen MR) is 282 cm³/mol. The molecule has 0 aliphatic carbocycles. The summed E-state index contributed by atoms with van der Waals surface area (Å²) >= 11 is 0. The minimum Gasteiger partial charge on any atom is -0.309 e. The van der Waals surface area contributed by atoms with Crippen molar-refractivity contribution >= 4 is 75.7 Å². The van der Waals surface area contributed by atoms with Crippen LogP contribution in [-0.2, 0) is 0 Å². The van der Waals surface area contributed by atoms with E-state index in [2.05, 4.69) is 235 Å². The highest BCUT2D eigenvalue weighted by Crippen LogP contribution is 2.43. The predicted octanol–water partition coefficient (Wildman–Crippen LogP) is 17.1. The van der Waals surface area contributed by atoms with Crippen molar-refractivity contribution in [2.75, 3.05) is 0 Å². The van der Waals surface area contributed by atoms with Crippen LogP contribution in [0.25, 0.3) is 138 Å². The maximum Gasteiger partial charge on any atom is 0.160 e. The highest BCUT2D eigenvalue weighted by molar-refractivity contribution is 6.25. The van der Waals surface area contributed by atoms with E-state index < -0.39 is 0 Å². The number of para-hydroxylation sites is 1. The molecule has 0 saturated carbocycles. The summed E-state index contributed by atoms with van der Waals surface area (Å²) in [7, 11) is 0. The molecule has 0 aliphatic rings. The van der Waals surface area contributed by atoms with Gasteiger partial charge in [0.05, 0.1) is 22.4 Å². The van der Waals surface area contributed by atoms with Crippen LogP contribution < -0.4 is 0 Å². The first-order valence-electron chi connectivity index (χ1n) is 23.0. The Hall–Kier alpha value is -8.92. The lowest BCUT2D eigenvalue weighted by Crippen LogP contribution is -1.99. The largest absolute Gasteiger partial charge is 0.309 e. The molecule has 14 rings (SSSR count). The Morgan fingerprint density at radius 2 is 0.866 bits per heavy atom. The maximum atomic E-state index is 5.49. The molecule has 0 amide bonds. The van der Waals surface area contributed by atoms with Gasteiger partial charge in [0.2, 0.25) is 0 Å². The molecule has 310 valence electrons. The van der Waals surface area contributed by atoms with Gasteiger partial charge in [-0.05, 0) is 119 Å². The van der Waals surface area contributed by atoms with Crippen molar-refractivity contribution in [1.29, 1.82) is 0 Å². The Kier molecular flexibility index (Phi) is 8.28. The molecular formula is C64H39N3. The molecule has 2 aromatic heterocycles. The maximum absolute atomic E-state index is 5.49. The van der Waals surface area contributed by atoms with E-state index >= 15 is 0 Å². The molecule has 14 aromatic rings. The number of hydrogen-bond acceptors (Lipinski definition) is 2. The fourth-order valence-electron chi connectivity index (χ4n) is 10.8. The van der Waals surface area contributed by atoms with Gasteiger partial charge >= 0.3 is 0 Å². The van der Waals surface area contributed by atoms with Crippen LogP contribution in [0.15, 0.2) is 237 Å². The van der Waals surface area contributed by atoms with Gasteiger partial charge in [-0.25, -0.2) is 9.97 Å². The summed E-state index contributed by atoms with van der Waals surface area (Å²) in [5, 5.41) is 14.8. The summed E-state index contributed by atoms with van der Waals surface area (Å²) in [5.41, 5.74) is 12.8. The Labute approximate surface area is 386 Å². The number of hydrogen-bond donors (Lipinski definition) is 0. The number of rotatable bonds is 6. The third-order valence-corrected chi connectivity index (χ3v) is 13.9. The molecule has 0 atom stereocenters. The zero-order valence-corrected chi connectivity index (χ0v) is 36.4. The van der Waals surface area contributed by atoms with Crippen molar-refractivity contribution in [3.05, 3.63) is 237 Å². The Morgan fingerprint density at radius 3 is 1.69 bits per heavy atom. The van der Waals surface area contributed by atoms with Crippen LogP contribution in [-0.4, -0.2) is 14.5 Å². The average Bonchev–Trinajstić information content (AvgIpc) is 3.74. The summed E-state index contributed by atoms with van der Waals surface area (Å²) in [5.74, 6) is 0.686. The molecule has 0 N–H and O–H groups in total. The Bertz CT molecular complexity index is 4250. The van der Waals surface area contributed by atoms with Crippen molar-refractivity contribution < 1.29 is 0 Å². The highest BCUT2D eigenvalue weighted by atomic mass is 15.0. The number of aromatic nitrogens is 3. The van der Waals surface area contributed by atoms with Crippen LogP contribution in [0.4, 0.5) is 0 Å². The van der Waals surface area contributed by atoms with E-state index in [-0.39, 0.29) is 0 Å². The first-order chi connectivity index (χ1) is 33.2. The quantitative estimate of drug-likeness (QED) is 0.156. The summed E-state index contributed by atoms with van der Waals surface area (Å²) in [4.78, 5) is 10.9. The summed E-state index contributed by atoms with van der Waals surface area (Å²) in [6.45, 7) is 0. The lowest BCUT2D eigenvalue weighted by Gasteiger charge is -2.17. The molecule has 3 heteroatoms. The highest BCUT2D eigenvalue weighted by Gasteiger charge is 2.20. The van der Waals surface area contributed by atoms with E-state index in [0.717, 1.165) is 50.4 Å². The summed E-state index contributed by atoms with van der Waals surface area (Å²) < 4.78 is 2.45. The number of benzene rings is 12. The van der Waals surface area contributed by atoms with Gasteiger partial charge in [0.15, 0.2) is 5.82 Å². The number of fused-ring (bicyclic) bond motifs is 6. The molecule has 0 spiro atoms. The van der Waals surface area contributed by atoms with Crippen molar-refractivity contribution in [2.24, 2.45) is 0 Å². The van der Waals surface area contributed by atoms with Gasteiger partial charge in [-0.2, -0.15) is 0 Å². The van der Waals surface area contributed by atoms with Gasteiger partial charge in [-0.1, -0.05) is 194 Å². The van der Waals surface area contributed by atoms with E-state index in [0.29, 0.717) is 5.82 Å². The molecule has 0 fully saturated rings. The minimum atomic E-state index is 0.686. The molecule has 0 saturated heterocycles. The van der Waals surface area contributed by atoms with Gasteiger partial charge < -0.3 is 4.57 Å². The van der Waals surface area contributed by atoms with E-state index in [1.54, 1.807) is 0 Å². The first-order valence-corrected chi connectivity index (χ1v) is 23.0. The zero-order valence-electron chi connectivity index (χ0n) is 36.4. The normalized spacial score (nSPS) is 11.9. The molecule has 0 radical (unpaired) electrons. The molecule has 67 heavy (non-hydrogen) atoms. The van der Waals surface area contributed by atoms with Crippen molar-refractivity contribution in [3.63, 3.8) is 0 Å². The van der Waals surface area contributed by atoms with E-state index in [4.69, 9.17) is 9.97 Å². The van der Waals surface area contributed by atoms with Crippen molar-refractivity contribution in [3.8, 4) is 61.8 Å². The monoisotopic (exact) mass is 849 g/mol. The van der Waals surface area contributed by atoms with Crippen LogP contribution in [0.2, 0.25) is 0 Å². The fraction of sp³-hybridized carbons (Fsp3) is 0. The second-order valence-electron chi connectivity index (χ2n) is 17.7.